The first-order chi connectivity index (χ1) is 17.6. The second-order valence-corrected chi connectivity index (χ2v) is 12.2. The summed E-state index contributed by atoms with van der Waals surface area (Å²) in [7, 11) is -4.49. The molecule has 3 aromatic rings. The number of hydrogen-bond donors (Lipinski definition) is 0. The first kappa shape index (κ1) is 29.3. The van der Waals surface area contributed by atoms with Gasteiger partial charge in [-0.3, -0.25) is 4.79 Å². The van der Waals surface area contributed by atoms with Crippen molar-refractivity contribution in [2.75, 3.05) is 0 Å². The summed E-state index contributed by atoms with van der Waals surface area (Å²) in [6, 6.07) is 12.9. The predicted molar refractivity (Wildman–Crippen MR) is 137 cm³/mol. The highest BCUT2D eigenvalue weighted by molar-refractivity contribution is 7.87. The number of rotatable bonds is 10. The first-order valence-electron chi connectivity index (χ1n) is 12.1. The number of benzene rings is 2. The summed E-state index contributed by atoms with van der Waals surface area (Å²) in [4.78, 5) is 14.3. The van der Waals surface area contributed by atoms with Crippen molar-refractivity contribution < 1.29 is 35.0 Å². The molecule has 0 saturated heterocycles. The Hall–Kier alpha value is -3.27. The Balaban J connectivity index is 1.72. The van der Waals surface area contributed by atoms with Gasteiger partial charge in [0, 0.05) is 13.0 Å². The highest BCUT2D eigenvalue weighted by atomic mass is 32.2. The summed E-state index contributed by atoms with van der Waals surface area (Å²) >= 11 is 0. The van der Waals surface area contributed by atoms with Crippen LogP contribution in [0.15, 0.2) is 76.2 Å². The number of furan rings is 1. The first-order valence-corrected chi connectivity index (χ1v) is 13.5. The van der Waals surface area contributed by atoms with Crippen LogP contribution in [-0.2, 0) is 34.2 Å². The number of carbonyl (C=O) groups is 1. The highest BCUT2D eigenvalue weighted by Gasteiger charge is 2.32. The SMILES string of the molecule is C[C@H](CC(=O)N(Cc1ccc(OS(=O)(=O)c2cccc(C(F)(F)F)c2)cc1)Cc1ccco1)CC(C)(C)C. The van der Waals surface area contributed by atoms with Gasteiger partial charge in [0.1, 0.15) is 16.4 Å². The number of alkyl halides is 3. The van der Waals surface area contributed by atoms with Crippen molar-refractivity contribution in [3.05, 3.63) is 83.8 Å². The molecule has 1 atom stereocenters. The van der Waals surface area contributed by atoms with E-state index in [0.717, 1.165) is 30.2 Å². The van der Waals surface area contributed by atoms with Gasteiger partial charge in [0.25, 0.3) is 0 Å². The molecule has 3 rings (SSSR count). The van der Waals surface area contributed by atoms with Gasteiger partial charge in [-0.1, -0.05) is 45.9 Å². The molecule has 38 heavy (non-hydrogen) atoms. The molecule has 2 aromatic carbocycles. The molecule has 0 spiro atoms. The minimum absolute atomic E-state index is 0.0365. The molecule has 10 heteroatoms. The number of halogens is 3. The van der Waals surface area contributed by atoms with Crippen molar-refractivity contribution in [2.45, 2.75) is 64.7 Å². The van der Waals surface area contributed by atoms with Crippen LogP contribution < -0.4 is 4.18 Å². The van der Waals surface area contributed by atoms with Crippen LogP contribution in [0.4, 0.5) is 13.2 Å². The smallest absolute Gasteiger partial charge is 0.416 e. The summed E-state index contributed by atoms with van der Waals surface area (Å²) in [5.41, 5.74) is -0.275. The van der Waals surface area contributed by atoms with Crippen molar-refractivity contribution in [1.82, 2.24) is 4.90 Å². The lowest BCUT2D eigenvalue weighted by molar-refractivity contribution is -0.137. The summed E-state index contributed by atoms with van der Waals surface area (Å²) in [5.74, 6) is 0.715. The molecule has 0 bridgehead atoms. The molecule has 6 nitrogen and oxygen atoms in total. The monoisotopic (exact) mass is 551 g/mol. The van der Waals surface area contributed by atoms with Crippen molar-refractivity contribution in [2.24, 2.45) is 11.3 Å². The van der Waals surface area contributed by atoms with Crippen LogP contribution in [0.5, 0.6) is 5.75 Å². The second kappa shape index (κ2) is 11.6. The van der Waals surface area contributed by atoms with Gasteiger partial charge in [-0.15, -0.1) is 0 Å². The fourth-order valence-electron chi connectivity index (χ4n) is 4.24. The lowest BCUT2D eigenvalue weighted by Crippen LogP contribution is -2.31. The normalized spacial score (nSPS) is 13.2. The van der Waals surface area contributed by atoms with E-state index in [2.05, 4.69) is 20.8 Å². The summed E-state index contributed by atoms with van der Waals surface area (Å²) in [6.07, 6.45) is -1.89. The Morgan fingerprint density at radius 1 is 1.00 bits per heavy atom. The maximum absolute atomic E-state index is 13.2. The van der Waals surface area contributed by atoms with Crippen molar-refractivity contribution in [3.63, 3.8) is 0 Å². The average Bonchev–Trinajstić information content (AvgIpc) is 3.31. The van der Waals surface area contributed by atoms with E-state index in [9.17, 15) is 26.4 Å². The minimum atomic E-state index is -4.68. The third kappa shape index (κ3) is 8.65. The van der Waals surface area contributed by atoms with Crippen LogP contribution >= 0.6 is 0 Å². The van der Waals surface area contributed by atoms with Crippen LogP contribution in [0.2, 0.25) is 0 Å². The van der Waals surface area contributed by atoms with Gasteiger partial charge in [-0.2, -0.15) is 21.6 Å². The molecule has 1 amide bonds. The van der Waals surface area contributed by atoms with Gasteiger partial charge in [0.2, 0.25) is 5.91 Å². The number of carbonyl (C=O) groups excluding carboxylic acids is 1. The van der Waals surface area contributed by atoms with E-state index in [0.29, 0.717) is 18.2 Å². The topological polar surface area (TPSA) is 76.8 Å². The van der Waals surface area contributed by atoms with E-state index in [4.69, 9.17) is 8.60 Å². The molecule has 0 saturated carbocycles. The zero-order valence-electron chi connectivity index (χ0n) is 21.8. The van der Waals surface area contributed by atoms with Gasteiger partial charge in [0.05, 0.1) is 18.4 Å². The van der Waals surface area contributed by atoms with Crippen LogP contribution in [0.3, 0.4) is 0 Å². The van der Waals surface area contributed by atoms with E-state index in [1.54, 1.807) is 29.2 Å². The predicted octanol–water partition coefficient (Wildman–Crippen LogP) is 7.06. The molecule has 0 fully saturated rings. The summed E-state index contributed by atoms with van der Waals surface area (Å²) in [6.45, 7) is 8.96. The van der Waals surface area contributed by atoms with E-state index in [-0.39, 0.29) is 36.1 Å². The third-order valence-electron chi connectivity index (χ3n) is 5.72. The molecule has 1 aromatic heterocycles. The van der Waals surface area contributed by atoms with Gasteiger partial charge in [0.15, 0.2) is 0 Å². The van der Waals surface area contributed by atoms with Gasteiger partial charge in [-0.05, 0) is 65.8 Å². The molecule has 0 aliphatic carbocycles. The maximum Gasteiger partial charge on any atom is 0.416 e. The third-order valence-corrected chi connectivity index (χ3v) is 6.96. The Morgan fingerprint density at radius 3 is 2.26 bits per heavy atom. The fraction of sp³-hybridized carbons (Fsp3) is 0.393. The highest BCUT2D eigenvalue weighted by Crippen LogP contribution is 2.31. The second-order valence-electron chi connectivity index (χ2n) is 10.6. The molecular weight excluding hydrogens is 519 g/mol. The molecular formula is C28H32F3NO5S. The van der Waals surface area contributed by atoms with E-state index < -0.39 is 26.8 Å². The van der Waals surface area contributed by atoms with E-state index in [1.807, 2.05) is 6.92 Å². The molecule has 0 aliphatic heterocycles. The quantitative estimate of drug-likeness (QED) is 0.252. The lowest BCUT2D eigenvalue weighted by Gasteiger charge is -2.27. The molecule has 0 unspecified atom stereocenters. The standard InChI is InChI=1S/C28H32F3NO5S/c1-20(17-27(2,3)4)15-26(33)32(19-24-8-6-14-36-24)18-21-10-12-23(13-11-21)37-38(34,35)25-9-5-7-22(16-25)28(29,30)31/h5-14,16,20H,15,17-19H2,1-4H3/t20-/m1/s1. The van der Waals surface area contributed by atoms with Crippen molar-refractivity contribution in [3.8, 4) is 5.75 Å². The fourth-order valence-corrected chi connectivity index (χ4v) is 5.22. The average molecular weight is 552 g/mol. The van der Waals surface area contributed by atoms with Crippen LogP contribution in [0.1, 0.15) is 57.4 Å². The summed E-state index contributed by atoms with van der Waals surface area (Å²) < 4.78 is 74.5. The van der Waals surface area contributed by atoms with Crippen LogP contribution in [0, 0.1) is 11.3 Å². The molecule has 0 aliphatic rings. The van der Waals surface area contributed by atoms with Crippen LogP contribution in [0.25, 0.3) is 0 Å². The largest absolute Gasteiger partial charge is 0.467 e. The number of nitrogens with zero attached hydrogens (tertiary/aromatic N) is 1. The molecule has 0 N–H and O–H groups in total. The van der Waals surface area contributed by atoms with Gasteiger partial charge in [-0.25, -0.2) is 0 Å². The van der Waals surface area contributed by atoms with E-state index in [1.165, 1.54) is 18.4 Å². The minimum Gasteiger partial charge on any atom is -0.467 e. The van der Waals surface area contributed by atoms with Crippen LogP contribution in [-0.4, -0.2) is 19.2 Å². The van der Waals surface area contributed by atoms with Gasteiger partial charge < -0.3 is 13.5 Å². The Labute approximate surface area is 221 Å². The Morgan fingerprint density at radius 2 is 1.68 bits per heavy atom. The molecule has 1 heterocycles. The molecule has 206 valence electrons. The maximum atomic E-state index is 13.2. The lowest BCUT2D eigenvalue weighted by atomic mass is 9.84. The number of amides is 1. The molecule has 0 radical (unpaired) electrons. The van der Waals surface area contributed by atoms with E-state index >= 15 is 0 Å². The number of hydrogen-bond acceptors (Lipinski definition) is 5. The van der Waals surface area contributed by atoms with Crippen molar-refractivity contribution >= 4 is 16.0 Å². The van der Waals surface area contributed by atoms with Crippen molar-refractivity contribution in [1.29, 1.82) is 0 Å². The zero-order valence-corrected chi connectivity index (χ0v) is 22.6. The Kier molecular flexibility index (Phi) is 8.97. The van der Waals surface area contributed by atoms with Gasteiger partial charge >= 0.3 is 16.3 Å². The Bertz CT molecular complexity index is 1310. The zero-order chi connectivity index (χ0) is 28.1. The summed E-state index contributed by atoms with van der Waals surface area (Å²) in [5, 5.41) is 0.